The van der Waals surface area contributed by atoms with Gasteiger partial charge in [-0.25, -0.2) is 4.79 Å². The normalized spacial score (nSPS) is 24.1. The van der Waals surface area contributed by atoms with Crippen LogP contribution in [0.25, 0.3) is 0 Å². The molecule has 1 heterocycles. The Kier molecular flexibility index (Phi) is 5.88. The minimum atomic E-state index is -0.453. The summed E-state index contributed by atoms with van der Waals surface area (Å²) in [5.74, 6) is 0. The zero-order valence-corrected chi connectivity index (χ0v) is 9.61. The van der Waals surface area contributed by atoms with Gasteiger partial charge in [0.25, 0.3) is 0 Å². The van der Waals surface area contributed by atoms with Gasteiger partial charge in [0.15, 0.2) is 0 Å². The maximum atomic E-state index is 11.1. The van der Waals surface area contributed by atoms with Gasteiger partial charge >= 0.3 is 6.09 Å². The van der Waals surface area contributed by atoms with Crippen LogP contribution in [0, 0.1) is 0 Å². The molecule has 1 fully saturated rings. The molecule has 5 heteroatoms. The lowest BCUT2D eigenvalue weighted by atomic mass is 10.2. The molecule has 1 saturated heterocycles. The average molecular weight is 229 g/mol. The van der Waals surface area contributed by atoms with Gasteiger partial charge in [-0.3, -0.25) is 0 Å². The van der Waals surface area contributed by atoms with Gasteiger partial charge in [-0.2, -0.15) is 0 Å². The van der Waals surface area contributed by atoms with Crippen LogP contribution in [0.4, 0.5) is 4.79 Å². The first-order valence-corrected chi connectivity index (χ1v) is 5.52. The maximum absolute atomic E-state index is 11.1. The van der Waals surface area contributed by atoms with Crippen LogP contribution in [0.15, 0.2) is 12.7 Å². The molecule has 1 aliphatic rings. The molecule has 0 spiro atoms. The number of carbonyl (C=O) groups is 1. The molecule has 0 radical (unpaired) electrons. The Morgan fingerprint density at radius 2 is 2.50 bits per heavy atom. The zero-order valence-electron chi connectivity index (χ0n) is 9.61. The summed E-state index contributed by atoms with van der Waals surface area (Å²) >= 11 is 0. The fraction of sp³-hybridized carbons (Fsp3) is 0.727. The first-order valence-electron chi connectivity index (χ1n) is 5.52. The van der Waals surface area contributed by atoms with E-state index < -0.39 is 6.09 Å². The number of rotatable bonds is 6. The van der Waals surface area contributed by atoms with Crippen molar-refractivity contribution in [3.8, 4) is 0 Å². The largest absolute Gasteiger partial charge is 0.445 e. The number of nitrogens with one attached hydrogen (secondary N) is 1. The van der Waals surface area contributed by atoms with E-state index in [1.54, 1.807) is 0 Å². The van der Waals surface area contributed by atoms with E-state index in [9.17, 15) is 4.79 Å². The van der Waals surface area contributed by atoms with E-state index in [0.717, 1.165) is 6.42 Å². The summed E-state index contributed by atoms with van der Waals surface area (Å²) in [6.45, 7) is 7.37. The number of alkyl carbamates (subject to hydrolysis) is 1. The summed E-state index contributed by atoms with van der Waals surface area (Å²) in [6, 6.07) is 0. The van der Waals surface area contributed by atoms with Crippen LogP contribution in [0.5, 0.6) is 0 Å². The molecule has 0 bridgehead atoms. The first kappa shape index (κ1) is 13.0. The van der Waals surface area contributed by atoms with Gasteiger partial charge in [-0.05, 0) is 13.3 Å². The molecule has 0 saturated carbocycles. The SMILES string of the molecule is C=CCOC(=O)NCC1OCCC1OCC. The summed E-state index contributed by atoms with van der Waals surface area (Å²) in [4.78, 5) is 11.1. The number of amides is 1. The molecule has 5 nitrogen and oxygen atoms in total. The van der Waals surface area contributed by atoms with Crippen LogP contribution in [0.2, 0.25) is 0 Å². The lowest BCUT2D eigenvalue weighted by molar-refractivity contribution is -0.00284. The molecular formula is C11H19NO4. The predicted molar refractivity (Wildman–Crippen MR) is 59.3 cm³/mol. The molecular weight excluding hydrogens is 210 g/mol. The van der Waals surface area contributed by atoms with E-state index in [0.29, 0.717) is 19.8 Å². The van der Waals surface area contributed by atoms with Gasteiger partial charge in [0.1, 0.15) is 12.7 Å². The molecule has 0 aromatic rings. The van der Waals surface area contributed by atoms with Gasteiger partial charge in [0.05, 0.1) is 6.10 Å². The summed E-state index contributed by atoms with van der Waals surface area (Å²) in [5.41, 5.74) is 0. The second-order valence-electron chi connectivity index (χ2n) is 3.46. The second kappa shape index (κ2) is 7.24. The summed E-state index contributed by atoms with van der Waals surface area (Å²) < 4.78 is 15.7. The van der Waals surface area contributed by atoms with Gasteiger partial charge in [-0.1, -0.05) is 12.7 Å². The Morgan fingerprint density at radius 1 is 1.69 bits per heavy atom. The molecule has 0 aromatic heterocycles. The second-order valence-corrected chi connectivity index (χ2v) is 3.46. The van der Waals surface area contributed by atoms with Crippen molar-refractivity contribution in [2.45, 2.75) is 25.6 Å². The van der Waals surface area contributed by atoms with E-state index in [1.807, 2.05) is 6.92 Å². The van der Waals surface area contributed by atoms with Crippen molar-refractivity contribution in [3.63, 3.8) is 0 Å². The highest BCUT2D eigenvalue weighted by Gasteiger charge is 2.28. The maximum Gasteiger partial charge on any atom is 0.407 e. The molecule has 2 atom stereocenters. The van der Waals surface area contributed by atoms with E-state index in [-0.39, 0.29) is 18.8 Å². The lowest BCUT2D eigenvalue weighted by Crippen LogP contribution is -2.38. The standard InChI is InChI=1S/C11H19NO4/c1-3-6-16-11(13)12-8-10-9(14-4-2)5-7-15-10/h3,9-10H,1,4-8H2,2H3,(H,12,13). The molecule has 0 aliphatic carbocycles. The smallest absolute Gasteiger partial charge is 0.407 e. The van der Waals surface area contributed by atoms with Gasteiger partial charge in [0, 0.05) is 19.8 Å². The Labute approximate surface area is 95.7 Å². The summed E-state index contributed by atoms with van der Waals surface area (Å²) in [7, 11) is 0. The van der Waals surface area contributed by atoms with Crippen molar-refractivity contribution in [2.75, 3.05) is 26.4 Å². The molecule has 1 aliphatic heterocycles. The number of hydrogen-bond donors (Lipinski definition) is 1. The van der Waals surface area contributed by atoms with Crippen molar-refractivity contribution in [3.05, 3.63) is 12.7 Å². The molecule has 1 rings (SSSR count). The Bertz CT molecular complexity index is 232. The van der Waals surface area contributed by atoms with Crippen molar-refractivity contribution in [2.24, 2.45) is 0 Å². The fourth-order valence-electron chi connectivity index (χ4n) is 1.59. The molecule has 92 valence electrons. The van der Waals surface area contributed by atoms with E-state index in [4.69, 9.17) is 14.2 Å². The highest BCUT2D eigenvalue weighted by Crippen LogP contribution is 2.16. The third-order valence-electron chi connectivity index (χ3n) is 2.31. The number of hydrogen-bond acceptors (Lipinski definition) is 4. The van der Waals surface area contributed by atoms with Crippen LogP contribution in [0.3, 0.4) is 0 Å². The Morgan fingerprint density at radius 3 is 3.19 bits per heavy atom. The lowest BCUT2D eigenvalue weighted by Gasteiger charge is -2.18. The third kappa shape index (κ3) is 4.20. The minimum absolute atomic E-state index is 0.0729. The van der Waals surface area contributed by atoms with E-state index in [1.165, 1.54) is 6.08 Å². The van der Waals surface area contributed by atoms with Crippen molar-refractivity contribution in [1.82, 2.24) is 5.32 Å². The quantitative estimate of drug-likeness (QED) is 0.693. The van der Waals surface area contributed by atoms with Crippen LogP contribution in [-0.4, -0.2) is 44.7 Å². The van der Waals surface area contributed by atoms with Crippen LogP contribution >= 0.6 is 0 Å². The van der Waals surface area contributed by atoms with Crippen molar-refractivity contribution in [1.29, 1.82) is 0 Å². The van der Waals surface area contributed by atoms with E-state index in [2.05, 4.69) is 11.9 Å². The van der Waals surface area contributed by atoms with Crippen molar-refractivity contribution < 1.29 is 19.0 Å². The molecule has 1 N–H and O–H groups in total. The molecule has 0 aromatic carbocycles. The minimum Gasteiger partial charge on any atom is -0.445 e. The highest BCUT2D eigenvalue weighted by atomic mass is 16.6. The fourth-order valence-corrected chi connectivity index (χ4v) is 1.59. The summed E-state index contributed by atoms with van der Waals surface area (Å²) in [5, 5.41) is 2.63. The molecule has 2 unspecified atom stereocenters. The average Bonchev–Trinajstić information content (AvgIpc) is 2.72. The molecule has 1 amide bonds. The zero-order chi connectivity index (χ0) is 11.8. The predicted octanol–water partition coefficient (Wildman–Crippen LogP) is 1.09. The summed E-state index contributed by atoms with van der Waals surface area (Å²) in [6.07, 6.45) is 1.95. The number of carbonyl (C=O) groups excluding carboxylic acids is 1. The monoisotopic (exact) mass is 229 g/mol. The van der Waals surface area contributed by atoms with Gasteiger partial charge in [-0.15, -0.1) is 0 Å². The third-order valence-corrected chi connectivity index (χ3v) is 2.31. The number of ether oxygens (including phenoxy) is 3. The molecule has 16 heavy (non-hydrogen) atoms. The van der Waals surface area contributed by atoms with Gasteiger partial charge in [0.2, 0.25) is 0 Å². The van der Waals surface area contributed by atoms with Crippen LogP contribution in [0.1, 0.15) is 13.3 Å². The highest BCUT2D eigenvalue weighted by molar-refractivity contribution is 5.67. The Hall–Kier alpha value is -1.07. The first-order chi connectivity index (χ1) is 7.77. The van der Waals surface area contributed by atoms with Gasteiger partial charge < -0.3 is 19.5 Å². The topological polar surface area (TPSA) is 56.8 Å². The van der Waals surface area contributed by atoms with Crippen LogP contribution in [-0.2, 0) is 14.2 Å². The van der Waals surface area contributed by atoms with E-state index >= 15 is 0 Å². The van der Waals surface area contributed by atoms with Crippen molar-refractivity contribution >= 4 is 6.09 Å². The Balaban J connectivity index is 2.20. The van der Waals surface area contributed by atoms with Crippen LogP contribution < -0.4 is 5.32 Å².